The Labute approximate surface area is 175 Å². The first kappa shape index (κ1) is 22.7. The number of hydrogen-bond donors (Lipinski definition) is 2. The van der Waals surface area contributed by atoms with E-state index < -0.39 is 8.32 Å². The second-order valence-corrected chi connectivity index (χ2v) is 14.9. The van der Waals surface area contributed by atoms with E-state index >= 15 is 0 Å². The van der Waals surface area contributed by atoms with Gasteiger partial charge < -0.3 is 15.5 Å². The summed E-state index contributed by atoms with van der Waals surface area (Å²) in [6.45, 7) is 16.2. The van der Waals surface area contributed by atoms with Gasteiger partial charge in [0, 0.05) is 17.4 Å². The third-order valence-electron chi connectivity index (χ3n) is 5.17. The maximum Gasteiger partial charge on any atom is 0.192 e. The van der Waals surface area contributed by atoms with Gasteiger partial charge in [0.15, 0.2) is 13.5 Å². The summed E-state index contributed by atoms with van der Waals surface area (Å²) in [5.74, 6) is 1.21. The van der Waals surface area contributed by atoms with E-state index in [-0.39, 0.29) is 16.3 Å². The number of aromatic nitrogens is 2. The topological polar surface area (TPSA) is 73.1 Å². The molecule has 1 aromatic carbocycles. The lowest BCUT2D eigenvalue weighted by Crippen LogP contribution is -2.43. The minimum Gasteiger partial charge on any atom is -0.415 e. The molecule has 154 valence electrons. The molecule has 1 aromatic heterocycles. The molecule has 1 heterocycles. The standard InChI is InChI=1S/C21H34N4OSSi/c1-15(14-26-28(6,7)21(3,4)5)23-19-13-18(22)24-20(25-19)27-16(2)17-11-9-8-10-12-17/h8-13,15-16H,14H2,1-7H3,(H3,22,23,24,25)/t15-,16-/m1/s1. The molecule has 0 aliphatic carbocycles. The van der Waals surface area contributed by atoms with Crippen LogP contribution >= 0.6 is 11.8 Å². The summed E-state index contributed by atoms with van der Waals surface area (Å²) in [5, 5.41) is 4.53. The first-order chi connectivity index (χ1) is 13.0. The molecule has 0 saturated heterocycles. The van der Waals surface area contributed by atoms with Gasteiger partial charge in [-0.05, 0) is 37.5 Å². The van der Waals surface area contributed by atoms with Gasteiger partial charge in [0.2, 0.25) is 0 Å². The van der Waals surface area contributed by atoms with Crippen LogP contribution in [0.2, 0.25) is 18.1 Å². The van der Waals surface area contributed by atoms with Gasteiger partial charge in [-0.2, -0.15) is 0 Å². The number of thioether (sulfide) groups is 1. The monoisotopic (exact) mass is 418 g/mol. The molecule has 2 aromatic rings. The van der Waals surface area contributed by atoms with Crippen LogP contribution in [0.4, 0.5) is 11.6 Å². The largest absolute Gasteiger partial charge is 0.415 e. The van der Waals surface area contributed by atoms with Crippen molar-refractivity contribution in [3.63, 3.8) is 0 Å². The molecule has 28 heavy (non-hydrogen) atoms. The molecule has 0 bridgehead atoms. The molecule has 0 saturated carbocycles. The number of rotatable bonds is 8. The number of nitrogens with zero attached hydrogens (tertiary/aromatic N) is 2. The van der Waals surface area contributed by atoms with Crippen LogP contribution in [0, 0.1) is 0 Å². The van der Waals surface area contributed by atoms with Crippen molar-refractivity contribution in [3.8, 4) is 0 Å². The molecular formula is C21H34N4OSSi. The third kappa shape index (κ3) is 6.50. The van der Waals surface area contributed by atoms with Gasteiger partial charge >= 0.3 is 0 Å². The molecule has 0 unspecified atom stereocenters. The summed E-state index contributed by atoms with van der Waals surface area (Å²) in [7, 11) is -1.77. The Morgan fingerprint density at radius 1 is 1.14 bits per heavy atom. The quantitative estimate of drug-likeness (QED) is 0.324. The van der Waals surface area contributed by atoms with Crippen LogP contribution in [0.25, 0.3) is 0 Å². The summed E-state index contributed by atoms with van der Waals surface area (Å²) in [4.78, 5) is 9.04. The first-order valence-electron chi connectivity index (χ1n) is 9.74. The molecule has 0 fully saturated rings. The van der Waals surface area contributed by atoms with E-state index in [0.29, 0.717) is 17.6 Å². The van der Waals surface area contributed by atoms with Crippen LogP contribution in [0.5, 0.6) is 0 Å². The molecule has 3 N–H and O–H groups in total. The van der Waals surface area contributed by atoms with Crippen molar-refractivity contribution < 1.29 is 4.43 Å². The lowest BCUT2D eigenvalue weighted by Gasteiger charge is -2.37. The second kappa shape index (κ2) is 9.28. The van der Waals surface area contributed by atoms with Crippen LogP contribution in [-0.4, -0.2) is 30.9 Å². The lowest BCUT2D eigenvalue weighted by molar-refractivity contribution is 0.276. The number of nitrogen functional groups attached to an aromatic ring is 1. The average molecular weight is 419 g/mol. The van der Waals surface area contributed by atoms with Gasteiger partial charge in [-0.1, -0.05) is 62.9 Å². The van der Waals surface area contributed by atoms with Crippen LogP contribution < -0.4 is 11.1 Å². The van der Waals surface area contributed by atoms with Crippen molar-refractivity contribution in [1.82, 2.24) is 9.97 Å². The SMILES string of the molecule is C[C@H](CO[Si](C)(C)C(C)(C)C)Nc1cc(N)nc(S[C@H](C)c2ccccc2)n1. The van der Waals surface area contributed by atoms with Gasteiger partial charge in [-0.15, -0.1) is 0 Å². The summed E-state index contributed by atoms with van der Waals surface area (Å²) in [6.07, 6.45) is 0. The minimum atomic E-state index is -1.77. The predicted octanol–water partition coefficient (Wildman–Crippen LogP) is 5.73. The maximum atomic E-state index is 6.31. The highest BCUT2D eigenvalue weighted by molar-refractivity contribution is 7.99. The summed E-state index contributed by atoms with van der Waals surface area (Å²) < 4.78 is 6.31. The maximum absolute atomic E-state index is 6.31. The zero-order chi connectivity index (χ0) is 20.9. The van der Waals surface area contributed by atoms with Crippen LogP contribution in [-0.2, 0) is 4.43 Å². The van der Waals surface area contributed by atoms with Gasteiger partial charge in [0.1, 0.15) is 11.6 Å². The van der Waals surface area contributed by atoms with Crippen molar-refractivity contribution >= 4 is 31.7 Å². The Bertz CT molecular complexity index is 765. The van der Waals surface area contributed by atoms with Crippen LogP contribution in [0.1, 0.15) is 45.4 Å². The van der Waals surface area contributed by atoms with E-state index in [2.05, 4.69) is 75.1 Å². The highest BCUT2D eigenvalue weighted by Crippen LogP contribution is 2.37. The molecule has 7 heteroatoms. The van der Waals surface area contributed by atoms with E-state index in [1.807, 2.05) is 18.2 Å². The van der Waals surface area contributed by atoms with Gasteiger partial charge in [0.05, 0.1) is 6.61 Å². The molecule has 0 spiro atoms. The fraction of sp³-hybridized carbons (Fsp3) is 0.524. The predicted molar refractivity (Wildman–Crippen MR) is 123 cm³/mol. The molecule has 0 aliphatic heterocycles. The fourth-order valence-electron chi connectivity index (χ4n) is 2.36. The van der Waals surface area contributed by atoms with E-state index in [0.717, 1.165) is 5.82 Å². The zero-order valence-corrected chi connectivity index (χ0v) is 19.9. The average Bonchev–Trinajstić information content (AvgIpc) is 2.59. The Morgan fingerprint density at radius 2 is 1.79 bits per heavy atom. The van der Waals surface area contributed by atoms with E-state index in [4.69, 9.17) is 10.2 Å². The van der Waals surface area contributed by atoms with E-state index in [1.54, 1.807) is 17.8 Å². The minimum absolute atomic E-state index is 0.132. The Kier molecular flexibility index (Phi) is 7.53. The number of nitrogens with two attached hydrogens (primary N) is 1. The van der Waals surface area contributed by atoms with Gasteiger partial charge in [-0.3, -0.25) is 0 Å². The smallest absolute Gasteiger partial charge is 0.192 e. The highest BCUT2D eigenvalue weighted by Gasteiger charge is 2.37. The number of nitrogens with one attached hydrogen (secondary N) is 1. The van der Waals surface area contributed by atoms with Crippen molar-refractivity contribution in [3.05, 3.63) is 42.0 Å². The Balaban J connectivity index is 2.01. The van der Waals surface area contributed by atoms with Crippen LogP contribution in [0.3, 0.4) is 0 Å². The Morgan fingerprint density at radius 3 is 2.39 bits per heavy atom. The molecule has 0 aliphatic rings. The normalized spacial score (nSPS) is 14.5. The van der Waals surface area contributed by atoms with Gasteiger partial charge in [0.25, 0.3) is 0 Å². The van der Waals surface area contributed by atoms with E-state index in [1.165, 1.54) is 5.56 Å². The number of anilines is 2. The number of benzene rings is 1. The summed E-state index contributed by atoms with van der Waals surface area (Å²) in [6, 6.07) is 12.3. The zero-order valence-electron chi connectivity index (χ0n) is 18.1. The first-order valence-corrected chi connectivity index (χ1v) is 13.5. The van der Waals surface area contributed by atoms with Crippen molar-refractivity contribution in [1.29, 1.82) is 0 Å². The van der Waals surface area contributed by atoms with Crippen molar-refractivity contribution in [2.45, 2.75) is 69.2 Å². The van der Waals surface area contributed by atoms with Gasteiger partial charge in [-0.25, -0.2) is 9.97 Å². The molecule has 0 amide bonds. The number of hydrogen-bond acceptors (Lipinski definition) is 6. The van der Waals surface area contributed by atoms with Crippen LogP contribution in [0.15, 0.2) is 41.6 Å². The molecule has 2 atom stereocenters. The summed E-state index contributed by atoms with van der Waals surface area (Å²) >= 11 is 1.61. The van der Waals surface area contributed by atoms with E-state index in [9.17, 15) is 0 Å². The third-order valence-corrected chi connectivity index (χ3v) is 10.7. The molecule has 5 nitrogen and oxygen atoms in total. The van der Waals surface area contributed by atoms with Crippen molar-refractivity contribution in [2.24, 2.45) is 0 Å². The molecular weight excluding hydrogens is 384 g/mol. The lowest BCUT2D eigenvalue weighted by atomic mass is 10.2. The Hall–Kier alpha value is -1.57. The second-order valence-electron chi connectivity index (χ2n) is 8.75. The summed E-state index contributed by atoms with van der Waals surface area (Å²) in [5.41, 5.74) is 7.26. The highest BCUT2D eigenvalue weighted by atomic mass is 32.2. The van der Waals surface area contributed by atoms with Crippen molar-refractivity contribution in [2.75, 3.05) is 17.7 Å². The molecule has 0 radical (unpaired) electrons. The molecule has 2 rings (SSSR count). The fourth-order valence-corrected chi connectivity index (χ4v) is 4.38.